The molecule has 0 saturated carbocycles. The van der Waals surface area contributed by atoms with Gasteiger partial charge in [0.05, 0.1) is 21.3 Å². The topological polar surface area (TPSA) is 51.8 Å². The highest BCUT2D eigenvalue weighted by molar-refractivity contribution is 7.80. The van der Waals surface area contributed by atoms with Crippen molar-refractivity contribution < 1.29 is 14.2 Å². The van der Waals surface area contributed by atoms with E-state index in [1.807, 2.05) is 42.5 Å². The lowest BCUT2D eigenvalue weighted by Gasteiger charge is -2.13. The minimum atomic E-state index is 0.553. The highest BCUT2D eigenvalue weighted by Crippen LogP contribution is 2.29. The Morgan fingerprint density at radius 1 is 0.917 bits per heavy atom. The Hall–Kier alpha value is -2.47. The van der Waals surface area contributed by atoms with Gasteiger partial charge in [-0.1, -0.05) is 18.2 Å². The zero-order chi connectivity index (χ0) is 17.4. The molecule has 2 aromatic carbocycles. The molecule has 2 N–H and O–H groups in total. The first-order valence-electron chi connectivity index (χ1n) is 7.56. The van der Waals surface area contributed by atoms with Crippen molar-refractivity contribution in [1.29, 1.82) is 0 Å². The number of ether oxygens (including phenoxy) is 3. The van der Waals surface area contributed by atoms with E-state index in [1.54, 1.807) is 21.3 Å². The summed E-state index contributed by atoms with van der Waals surface area (Å²) in [5.41, 5.74) is 1.98. The predicted octanol–water partition coefficient (Wildman–Crippen LogP) is 3.24. The van der Waals surface area contributed by atoms with E-state index in [-0.39, 0.29) is 0 Å². The summed E-state index contributed by atoms with van der Waals surface area (Å²) in [6, 6.07) is 13.5. The summed E-state index contributed by atoms with van der Waals surface area (Å²) in [6.07, 6.45) is 0.817. The molecule has 24 heavy (non-hydrogen) atoms. The molecule has 0 radical (unpaired) electrons. The normalized spacial score (nSPS) is 9.96. The van der Waals surface area contributed by atoms with E-state index in [0.717, 1.165) is 23.4 Å². The summed E-state index contributed by atoms with van der Waals surface area (Å²) >= 11 is 5.33. The Bertz CT molecular complexity index is 692. The first-order valence-corrected chi connectivity index (χ1v) is 7.97. The van der Waals surface area contributed by atoms with Crippen LogP contribution in [-0.2, 0) is 6.42 Å². The molecule has 0 heterocycles. The molecule has 0 bridgehead atoms. The van der Waals surface area contributed by atoms with E-state index in [0.29, 0.717) is 23.2 Å². The van der Waals surface area contributed by atoms with Gasteiger partial charge in [-0.05, 0) is 42.4 Å². The zero-order valence-electron chi connectivity index (χ0n) is 14.1. The number of anilines is 1. The number of hydrogen-bond acceptors (Lipinski definition) is 4. The van der Waals surface area contributed by atoms with Gasteiger partial charge in [0, 0.05) is 18.3 Å². The molecule has 0 fully saturated rings. The maximum atomic E-state index is 5.34. The summed E-state index contributed by atoms with van der Waals surface area (Å²) in [7, 11) is 4.88. The molecule has 0 aromatic heterocycles. The van der Waals surface area contributed by atoms with Gasteiger partial charge in [0.1, 0.15) is 5.75 Å². The Morgan fingerprint density at radius 3 is 2.33 bits per heavy atom. The fraction of sp³-hybridized carbons (Fsp3) is 0.278. The second kappa shape index (κ2) is 8.98. The Morgan fingerprint density at radius 2 is 1.62 bits per heavy atom. The third kappa shape index (κ3) is 4.76. The molecule has 0 aliphatic rings. The molecule has 2 aromatic rings. The van der Waals surface area contributed by atoms with Crippen LogP contribution >= 0.6 is 12.2 Å². The maximum Gasteiger partial charge on any atom is 0.170 e. The molecule has 0 amide bonds. The van der Waals surface area contributed by atoms with E-state index in [9.17, 15) is 0 Å². The number of para-hydroxylation sites is 1. The molecular weight excluding hydrogens is 324 g/mol. The Labute approximate surface area is 147 Å². The smallest absolute Gasteiger partial charge is 0.170 e. The highest BCUT2D eigenvalue weighted by Gasteiger charge is 2.06. The molecular formula is C18H22N2O3S. The number of methoxy groups -OCH3 is 3. The third-order valence-corrected chi connectivity index (χ3v) is 3.76. The standard InChI is InChI=1S/C18H22N2O3S/c1-21-15-7-5-4-6-13(15)10-11-19-18(24)20-14-8-9-16(22-2)17(12-14)23-3/h4-9,12H,10-11H2,1-3H3,(H2,19,20,24). The number of hydrogen-bond donors (Lipinski definition) is 2. The van der Waals surface area contributed by atoms with Crippen LogP contribution in [0.15, 0.2) is 42.5 Å². The summed E-state index contributed by atoms with van der Waals surface area (Å²) in [5.74, 6) is 2.22. The average Bonchev–Trinajstić information content (AvgIpc) is 2.62. The van der Waals surface area contributed by atoms with Crippen LogP contribution in [0, 0.1) is 0 Å². The minimum Gasteiger partial charge on any atom is -0.496 e. The van der Waals surface area contributed by atoms with Crippen LogP contribution in [0.4, 0.5) is 5.69 Å². The molecule has 6 heteroatoms. The summed E-state index contributed by atoms with van der Waals surface area (Å²) in [5, 5.41) is 6.88. The number of nitrogens with one attached hydrogen (secondary N) is 2. The van der Waals surface area contributed by atoms with Crippen LogP contribution in [0.25, 0.3) is 0 Å². The first kappa shape index (κ1) is 17.9. The van der Waals surface area contributed by atoms with Gasteiger partial charge < -0.3 is 24.8 Å². The quantitative estimate of drug-likeness (QED) is 0.751. The third-order valence-electron chi connectivity index (χ3n) is 3.51. The van der Waals surface area contributed by atoms with E-state index < -0.39 is 0 Å². The summed E-state index contributed by atoms with van der Waals surface area (Å²) < 4.78 is 15.8. The lowest BCUT2D eigenvalue weighted by atomic mass is 10.1. The van der Waals surface area contributed by atoms with Crippen molar-refractivity contribution in [3.63, 3.8) is 0 Å². The number of thiocarbonyl (C=S) groups is 1. The SMILES string of the molecule is COc1ccccc1CCNC(=S)Nc1ccc(OC)c(OC)c1. The molecule has 0 aliphatic heterocycles. The average molecular weight is 346 g/mol. The highest BCUT2D eigenvalue weighted by atomic mass is 32.1. The van der Waals surface area contributed by atoms with Crippen molar-refractivity contribution in [3.8, 4) is 17.2 Å². The van der Waals surface area contributed by atoms with E-state index >= 15 is 0 Å². The fourth-order valence-corrected chi connectivity index (χ4v) is 2.53. The van der Waals surface area contributed by atoms with Crippen molar-refractivity contribution in [2.24, 2.45) is 0 Å². The number of benzene rings is 2. The van der Waals surface area contributed by atoms with Crippen molar-refractivity contribution in [3.05, 3.63) is 48.0 Å². The van der Waals surface area contributed by atoms with Crippen molar-refractivity contribution in [2.45, 2.75) is 6.42 Å². The van der Waals surface area contributed by atoms with Crippen LogP contribution in [0.2, 0.25) is 0 Å². The summed E-state index contributed by atoms with van der Waals surface area (Å²) in [4.78, 5) is 0. The van der Waals surface area contributed by atoms with Gasteiger partial charge in [-0.15, -0.1) is 0 Å². The molecule has 0 spiro atoms. The zero-order valence-corrected chi connectivity index (χ0v) is 14.9. The van der Waals surface area contributed by atoms with Crippen LogP contribution in [-0.4, -0.2) is 33.0 Å². The van der Waals surface area contributed by atoms with Gasteiger partial charge in [-0.25, -0.2) is 0 Å². The largest absolute Gasteiger partial charge is 0.496 e. The summed E-state index contributed by atoms with van der Waals surface area (Å²) in [6.45, 7) is 0.708. The number of rotatable bonds is 7. The minimum absolute atomic E-state index is 0.553. The maximum absolute atomic E-state index is 5.34. The Kier molecular flexibility index (Phi) is 6.69. The van der Waals surface area contributed by atoms with E-state index in [4.69, 9.17) is 26.4 Å². The van der Waals surface area contributed by atoms with Gasteiger partial charge in [0.2, 0.25) is 0 Å². The monoisotopic (exact) mass is 346 g/mol. The van der Waals surface area contributed by atoms with Gasteiger partial charge in [-0.3, -0.25) is 0 Å². The van der Waals surface area contributed by atoms with Crippen LogP contribution in [0.5, 0.6) is 17.2 Å². The van der Waals surface area contributed by atoms with Crippen molar-refractivity contribution in [2.75, 3.05) is 33.2 Å². The molecule has 0 saturated heterocycles. The predicted molar refractivity (Wildman–Crippen MR) is 100 cm³/mol. The van der Waals surface area contributed by atoms with Gasteiger partial charge in [-0.2, -0.15) is 0 Å². The van der Waals surface area contributed by atoms with Crippen molar-refractivity contribution >= 4 is 23.0 Å². The molecule has 0 aliphatic carbocycles. The molecule has 0 unspecified atom stereocenters. The Balaban J connectivity index is 1.87. The van der Waals surface area contributed by atoms with Crippen molar-refractivity contribution in [1.82, 2.24) is 5.32 Å². The van der Waals surface area contributed by atoms with Gasteiger partial charge >= 0.3 is 0 Å². The fourth-order valence-electron chi connectivity index (χ4n) is 2.31. The van der Waals surface area contributed by atoms with E-state index in [2.05, 4.69) is 10.6 Å². The second-order valence-corrected chi connectivity index (χ2v) is 5.42. The van der Waals surface area contributed by atoms with Crippen LogP contribution < -0.4 is 24.8 Å². The van der Waals surface area contributed by atoms with Crippen LogP contribution in [0.3, 0.4) is 0 Å². The molecule has 128 valence electrons. The molecule has 5 nitrogen and oxygen atoms in total. The second-order valence-electron chi connectivity index (χ2n) is 5.01. The van der Waals surface area contributed by atoms with Gasteiger partial charge in [0.15, 0.2) is 16.6 Å². The van der Waals surface area contributed by atoms with E-state index in [1.165, 1.54) is 0 Å². The lowest BCUT2D eigenvalue weighted by molar-refractivity contribution is 0.355. The first-order chi connectivity index (χ1) is 11.7. The lowest BCUT2D eigenvalue weighted by Crippen LogP contribution is -2.30. The van der Waals surface area contributed by atoms with Gasteiger partial charge in [0.25, 0.3) is 0 Å². The molecule has 0 atom stereocenters. The molecule has 2 rings (SSSR count). The van der Waals surface area contributed by atoms with Crippen LogP contribution in [0.1, 0.15) is 5.56 Å².